The molecule has 0 saturated heterocycles. The summed E-state index contributed by atoms with van der Waals surface area (Å²) in [5.41, 5.74) is 3.18. The third kappa shape index (κ3) is 2.61. The Kier molecular flexibility index (Phi) is 3.81. The Balaban J connectivity index is 2.25. The number of rotatable bonds is 3. The number of carbonyl (C=O) groups is 1. The largest absolute Gasteiger partial charge is 0.322 e. The number of aromatic nitrogens is 2. The van der Waals surface area contributed by atoms with Crippen molar-refractivity contribution in [1.82, 2.24) is 10.2 Å². The minimum atomic E-state index is -0.151. The molecule has 0 aliphatic carbocycles. The van der Waals surface area contributed by atoms with Gasteiger partial charge in [0.2, 0.25) is 0 Å². The number of para-hydroxylation sites is 1. The van der Waals surface area contributed by atoms with E-state index in [1.54, 1.807) is 0 Å². The molecule has 0 fully saturated rings. The van der Waals surface area contributed by atoms with Crippen LogP contribution in [0.3, 0.4) is 0 Å². The lowest BCUT2D eigenvalue weighted by molar-refractivity contribution is 0.102. The summed E-state index contributed by atoms with van der Waals surface area (Å²) in [6.07, 6.45) is 1.53. The molecule has 0 radical (unpaired) electrons. The van der Waals surface area contributed by atoms with Crippen molar-refractivity contribution in [1.29, 1.82) is 0 Å². The number of hydrogen-bond acceptors (Lipinski definition) is 2. The van der Waals surface area contributed by atoms with E-state index < -0.39 is 0 Å². The highest BCUT2D eigenvalue weighted by molar-refractivity contribution is 9.09. The van der Waals surface area contributed by atoms with Gasteiger partial charge in [-0.25, -0.2) is 0 Å². The molecule has 4 nitrogen and oxygen atoms in total. The molecule has 1 aromatic carbocycles. The second kappa shape index (κ2) is 5.35. The van der Waals surface area contributed by atoms with Crippen LogP contribution in [-0.2, 0) is 0 Å². The Hall–Kier alpha value is -1.62. The van der Waals surface area contributed by atoms with E-state index in [-0.39, 0.29) is 10.7 Å². The van der Waals surface area contributed by atoms with E-state index in [2.05, 4.69) is 31.4 Å². The van der Waals surface area contributed by atoms with Gasteiger partial charge in [-0.05, 0) is 25.5 Å². The van der Waals surface area contributed by atoms with E-state index in [0.717, 1.165) is 16.9 Å². The molecule has 2 rings (SSSR count). The van der Waals surface area contributed by atoms with Crippen molar-refractivity contribution in [3.05, 3.63) is 47.3 Å². The lowest BCUT2D eigenvalue weighted by atomic mass is 10.1. The number of halogens is 1. The van der Waals surface area contributed by atoms with Crippen molar-refractivity contribution in [2.24, 2.45) is 0 Å². The highest BCUT2D eigenvalue weighted by atomic mass is 79.9. The van der Waals surface area contributed by atoms with E-state index >= 15 is 0 Å². The van der Waals surface area contributed by atoms with E-state index in [4.69, 9.17) is 0 Å². The molecular weight excluding hydrogens is 294 g/mol. The van der Waals surface area contributed by atoms with Crippen molar-refractivity contribution in [2.75, 3.05) is 5.32 Å². The topological polar surface area (TPSA) is 57.8 Å². The number of benzene rings is 1. The number of alkyl halides is 1. The van der Waals surface area contributed by atoms with Gasteiger partial charge in [-0.1, -0.05) is 34.1 Å². The average molecular weight is 308 g/mol. The summed E-state index contributed by atoms with van der Waals surface area (Å²) in [7, 11) is 0. The molecule has 0 saturated carbocycles. The van der Waals surface area contributed by atoms with Gasteiger partial charge >= 0.3 is 0 Å². The molecule has 0 spiro atoms. The van der Waals surface area contributed by atoms with Gasteiger partial charge in [0.1, 0.15) is 0 Å². The van der Waals surface area contributed by atoms with Gasteiger partial charge in [-0.15, -0.1) is 0 Å². The van der Waals surface area contributed by atoms with Gasteiger partial charge in [0, 0.05) is 16.2 Å². The van der Waals surface area contributed by atoms with Crippen LogP contribution in [0.25, 0.3) is 0 Å². The molecule has 5 heteroatoms. The summed E-state index contributed by atoms with van der Waals surface area (Å²) in [5.74, 6) is -0.151. The van der Waals surface area contributed by atoms with Crippen LogP contribution in [-0.4, -0.2) is 16.1 Å². The SMILES string of the molecule is Cc1[nH]ncc1C(=O)Nc1ccccc1C(C)Br. The van der Waals surface area contributed by atoms with E-state index in [1.807, 2.05) is 38.1 Å². The summed E-state index contributed by atoms with van der Waals surface area (Å²) >= 11 is 3.52. The highest BCUT2D eigenvalue weighted by Gasteiger charge is 2.14. The van der Waals surface area contributed by atoms with E-state index in [9.17, 15) is 4.79 Å². The van der Waals surface area contributed by atoms with Crippen molar-refractivity contribution < 1.29 is 4.79 Å². The second-order valence-corrected chi connectivity index (χ2v) is 5.44. The molecular formula is C13H14BrN3O. The fraction of sp³-hybridized carbons (Fsp3) is 0.231. The van der Waals surface area contributed by atoms with Crippen LogP contribution in [0, 0.1) is 6.92 Å². The summed E-state index contributed by atoms with van der Waals surface area (Å²) < 4.78 is 0. The number of aromatic amines is 1. The van der Waals surface area contributed by atoms with Crippen molar-refractivity contribution in [3.63, 3.8) is 0 Å². The molecule has 1 heterocycles. The zero-order valence-corrected chi connectivity index (χ0v) is 11.8. The molecule has 1 atom stereocenters. The molecule has 94 valence electrons. The maximum absolute atomic E-state index is 12.1. The third-order valence-corrected chi connectivity index (χ3v) is 3.21. The second-order valence-electron chi connectivity index (χ2n) is 4.07. The van der Waals surface area contributed by atoms with E-state index in [1.165, 1.54) is 6.20 Å². The maximum atomic E-state index is 12.1. The quantitative estimate of drug-likeness (QED) is 0.854. The Morgan fingerprint density at radius 1 is 1.44 bits per heavy atom. The van der Waals surface area contributed by atoms with Crippen LogP contribution in [0.4, 0.5) is 5.69 Å². The first-order valence-electron chi connectivity index (χ1n) is 5.64. The molecule has 2 N–H and O–H groups in total. The minimum Gasteiger partial charge on any atom is -0.322 e. The fourth-order valence-corrected chi connectivity index (χ4v) is 2.13. The van der Waals surface area contributed by atoms with Crippen molar-refractivity contribution in [2.45, 2.75) is 18.7 Å². The van der Waals surface area contributed by atoms with Crippen LogP contribution in [0.15, 0.2) is 30.5 Å². The van der Waals surface area contributed by atoms with Gasteiger partial charge in [-0.2, -0.15) is 5.10 Å². The van der Waals surface area contributed by atoms with Crippen molar-refractivity contribution >= 4 is 27.5 Å². The predicted molar refractivity (Wildman–Crippen MR) is 75.1 cm³/mol. The van der Waals surface area contributed by atoms with Gasteiger partial charge in [0.05, 0.1) is 11.8 Å². The lowest BCUT2D eigenvalue weighted by Gasteiger charge is -2.12. The monoisotopic (exact) mass is 307 g/mol. The number of hydrogen-bond donors (Lipinski definition) is 2. The molecule has 18 heavy (non-hydrogen) atoms. The Morgan fingerprint density at radius 3 is 2.78 bits per heavy atom. The molecule has 1 aromatic heterocycles. The number of H-pyrrole nitrogens is 1. The lowest BCUT2D eigenvalue weighted by Crippen LogP contribution is -2.13. The number of amides is 1. The number of aryl methyl sites for hydroxylation is 1. The summed E-state index contributed by atoms with van der Waals surface area (Å²) in [4.78, 5) is 12.3. The highest BCUT2D eigenvalue weighted by Crippen LogP contribution is 2.28. The molecule has 0 aliphatic heterocycles. The van der Waals surface area contributed by atoms with Gasteiger partial charge in [-0.3, -0.25) is 9.89 Å². The normalized spacial score (nSPS) is 12.2. The van der Waals surface area contributed by atoms with Gasteiger partial charge < -0.3 is 5.32 Å². The molecule has 1 unspecified atom stereocenters. The van der Waals surface area contributed by atoms with Crippen molar-refractivity contribution in [3.8, 4) is 0 Å². The zero-order valence-electron chi connectivity index (χ0n) is 10.2. The predicted octanol–water partition coefficient (Wildman–Crippen LogP) is 3.43. The number of anilines is 1. The van der Waals surface area contributed by atoms with Crippen LogP contribution in [0.1, 0.15) is 33.4 Å². The first kappa shape index (κ1) is 12.8. The standard InChI is InChI=1S/C13H14BrN3O/c1-8(14)10-5-3-4-6-12(10)16-13(18)11-7-15-17-9(11)2/h3-8H,1-2H3,(H,15,17)(H,16,18). The molecule has 0 bridgehead atoms. The van der Waals surface area contributed by atoms with Crippen LogP contribution in [0.5, 0.6) is 0 Å². The summed E-state index contributed by atoms with van der Waals surface area (Å²) in [6, 6.07) is 7.72. The van der Waals surface area contributed by atoms with Gasteiger partial charge in [0.25, 0.3) is 5.91 Å². The number of nitrogens with zero attached hydrogens (tertiary/aromatic N) is 1. The van der Waals surface area contributed by atoms with Crippen LogP contribution < -0.4 is 5.32 Å². The first-order chi connectivity index (χ1) is 8.59. The number of carbonyl (C=O) groups excluding carboxylic acids is 1. The smallest absolute Gasteiger partial charge is 0.259 e. The minimum absolute atomic E-state index is 0.151. The van der Waals surface area contributed by atoms with Gasteiger partial charge in [0.15, 0.2) is 0 Å². The molecule has 0 aliphatic rings. The average Bonchev–Trinajstić information content (AvgIpc) is 2.76. The summed E-state index contributed by atoms with van der Waals surface area (Å²) in [5, 5.41) is 9.51. The first-order valence-corrected chi connectivity index (χ1v) is 6.55. The van der Waals surface area contributed by atoms with E-state index in [0.29, 0.717) is 5.56 Å². The zero-order chi connectivity index (χ0) is 13.1. The van der Waals surface area contributed by atoms with Crippen LogP contribution in [0.2, 0.25) is 0 Å². The molecule has 1 amide bonds. The number of nitrogens with one attached hydrogen (secondary N) is 2. The molecule has 2 aromatic rings. The van der Waals surface area contributed by atoms with Crippen LogP contribution >= 0.6 is 15.9 Å². The third-order valence-electron chi connectivity index (χ3n) is 2.71. The fourth-order valence-electron chi connectivity index (χ4n) is 1.73. The maximum Gasteiger partial charge on any atom is 0.259 e. The Morgan fingerprint density at radius 2 is 2.17 bits per heavy atom. The Bertz CT molecular complexity index is 563. The Labute approximate surface area is 114 Å². The summed E-state index contributed by atoms with van der Waals surface area (Å²) in [6.45, 7) is 3.84.